The Morgan fingerprint density at radius 2 is 1.08 bits per heavy atom. The molecule has 3 saturated heterocycles. The first kappa shape index (κ1) is 20.9. The van der Waals surface area contributed by atoms with E-state index in [-0.39, 0.29) is 0 Å². The Hall–Kier alpha value is 0.150. The molecule has 3 heterocycles. The minimum Gasteiger partial charge on any atom is -0.378 e. The number of hydrogen-bond donors (Lipinski definition) is 0. The second kappa shape index (κ2) is 10.6. The van der Waals surface area contributed by atoms with Crippen molar-refractivity contribution in [2.45, 2.75) is 26.7 Å². The summed E-state index contributed by atoms with van der Waals surface area (Å²) < 4.78 is 28.4. The fourth-order valence-corrected chi connectivity index (χ4v) is 9.40. The van der Waals surface area contributed by atoms with E-state index < -0.39 is 7.87 Å². The van der Waals surface area contributed by atoms with Gasteiger partial charge in [-0.1, -0.05) is 13.3 Å². The van der Waals surface area contributed by atoms with Gasteiger partial charge in [-0.25, -0.2) is 0 Å². The average Bonchev–Trinajstić information content (AvgIpc) is 2.73. The van der Waals surface area contributed by atoms with Crippen LogP contribution in [0, 0.1) is 0 Å². The molecule has 0 aromatic carbocycles. The molecule has 26 heavy (non-hydrogen) atoms. The average molecular weight is 390 g/mol. The molecule has 0 amide bonds. The van der Waals surface area contributed by atoms with Crippen molar-refractivity contribution < 1.29 is 14.2 Å². The van der Waals surface area contributed by atoms with E-state index in [0.717, 1.165) is 85.5 Å². The van der Waals surface area contributed by atoms with Crippen LogP contribution >= 0.6 is 7.87 Å². The third-order valence-corrected chi connectivity index (χ3v) is 10.3. The van der Waals surface area contributed by atoms with Crippen molar-refractivity contribution in [1.29, 1.82) is 0 Å². The molecule has 0 bridgehead atoms. The topological polar surface area (TPSA) is 40.7 Å². The van der Waals surface area contributed by atoms with Crippen molar-refractivity contribution in [2.24, 2.45) is 0 Å². The van der Waals surface area contributed by atoms with Crippen LogP contribution in [0.3, 0.4) is 0 Å². The number of unbranched alkanes of at least 4 members (excludes halogenated alkanes) is 1. The number of ether oxygens (including phenoxy) is 3. The van der Waals surface area contributed by atoms with Crippen LogP contribution in [0.1, 0.15) is 26.7 Å². The van der Waals surface area contributed by atoms with Gasteiger partial charge in [0.15, 0.2) is 0 Å². The maximum Gasteiger partial charge on any atom is 0.309 e. The summed E-state index contributed by atoms with van der Waals surface area (Å²) in [5, 5.41) is 0. The first-order valence-corrected chi connectivity index (χ1v) is 12.1. The summed E-state index contributed by atoms with van der Waals surface area (Å²) in [6.45, 7) is 18.2. The predicted molar refractivity (Wildman–Crippen MR) is 106 cm³/mol. The molecule has 7 nitrogen and oxygen atoms in total. The van der Waals surface area contributed by atoms with Gasteiger partial charge in [0.05, 0.1) is 78.9 Å². The number of morpholine rings is 3. The second-order valence-corrected chi connectivity index (χ2v) is 10.5. The van der Waals surface area contributed by atoms with E-state index in [1.165, 1.54) is 19.4 Å². The summed E-state index contributed by atoms with van der Waals surface area (Å²) in [5.74, 6) is 0. The zero-order valence-electron chi connectivity index (χ0n) is 16.8. The van der Waals surface area contributed by atoms with Gasteiger partial charge >= 0.3 is 7.87 Å². The van der Waals surface area contributed by atoms with Crippen molar-refractivity contribution in [3.05, 3.63) is 0 Å². The lowest BCUT2D eigenvalue weighted by atomic mass is 10.3. The fourth-order valence-electron chi connectivity index (χ4n) is 4.36. The molecule has 0 atom stereocenters. The van der Waals surface area contributed by atoms with Crippen LogP contribution in [0.2, 0.25) is 0 Å². The van der Waals surface area contributed by atoms with E-state index in [9.17, 15) is 0 Å². The molecule has 0 aliphatic carbocycles. The zero-order chi connectivity index (χ0) is 18.2. The van der Waals surface area contributed by atoms with Gasteiger partial charge in [-0.15, -0.1) is 18.7 Å². The third kappa shape index (κ3) is 4.41. The molecule has 0 aromatic rings. The molecule has 0 N–H and O–H groups in total. The quantitative estimate of drug-likeness (QED) is 0.586. The van der Waals surface area contributed by atoms with Crippen LogP contribution in [-0.4, -0.2) is 111 Å². The van der Waals surface area contributed by atoms with E-state index in [1.54, 1.807) is 0 Å². The van der Waals surface area contributed by atoms with Gasteiger partial charge in [0.1, 0.15) is 0 Å². The minimum atomic E-state index is -1.77. The van der Waals surface area contributed by atoms with E-state index >= 15 is 0 Å². The smallest absolute Gasteiger partial charge is 0.309 e. The minimum absolute atomic E-state index is 0.849. The molecule has 8 heteroatoms. The lowest BCUT2D eigenvalue weighted by molar-refractivity contribution is 0.0259. The van der Waals surface area contributed by atoms with Gasteiger partial charge in [0.25, 0.3) is 0 Å². The highest BCUT2D eigenvalue weighted by molar-refractivity contribution is 7.66. The Balaban J connectivity index is 1.98. The van der Waals surface area contributed by atoms with E-state index in [0.29, 0.717) is 0 Å². The van der Waals surface area contributed by atoms with Gasteiger partial charge < -0.3 is 14.2 Å². The van der Waals surface area contributed by atoms with Crippen LogP contribution in [-0.2, 0) is 14.2 Å². The summed E-state index contributed by atoms with van der Waals surface area (Å²) in [6.07, 6.45) is 2.50. The molecule has 3 aliphatic rings. The van der Waals surface area contributed by atoms with Gasteiger partial charge in [-0.05, 0) is 13.3 Å². The molecule has 0 unspecified atom stereocenters. The summed E-state index contributed by atoms with van der Waals surface area (Å²) in [4.78, 5) is 0. The summed E-state index contributed by atoms with van der Waals surface area (Å²) in [7, 11) is -1.77. The van der Waals surface area contributed by atoms with Gasteiger partial charge in [-0.2, -0.15) is 0 Å². The van der Waals surface area contributed by atoms with Crippen molar-refractivity contribution in [3.63, 3.8) is 0 Å². The second-order valence-electron chi connectivity index (χ2n) is 7.13. The first-order valence-electron chi connectivity index (χ1n) is 10.5. The van der Waals surface area contributed by atoms with Crippen LogP contribution in [0.5, 0.6) is 0 Å². The molecular formula is C18H38N4O3P+. The lowest BCUT2D eigenvalue weighted by Crippen LogP contribution is -2.59. The maximum atomic E-state index is 5.74. The largest absolute Gasteiger partial charge is 0.378 e. The van der Waals surface area contributed by atoms with E-state index in [1.807, 2.05) is 0 Å². The van der Waals surface area contributed by atoms with Crippen molar-refractivity contribution in [2.75, 3.05) is 92.0 Å². The zero-order valence-corrected chi connectivity index (χ0v) is 17.7. The van der Waals surface area contributed by atoms with E-state index in [4.69, 9.17) is 14.2 Å². The van der Waals surface area contributed by atoms with Crippen molar-refractivity contribution in [3.8, 4) is 0 Å². The SMILES string of the molecule is CCCCN(CC)[P+](N1CCOCC1)(N1CCOCC1)N1CCOCC1. The Bertz CT molecular complexity index is 354. The fraction of sp³-hybridized carbons (Fsp3) is 1.00. The standard InChI is InChI=1S/C18H38N4O3P/c1-3-5-6-19(4-2)26(20-7-13-23-14-8-20,21-9-15-24-16-10-21)22-11-17-25-18-12-22/h3-18H2,1-2H3/q+1. The predicted octanol–water partition coefficient (Wildman–Crippen LogP) is 1.78. The van der Waals surface area contributed by atoms with Gasteiger partial charge in [-0.3, -0.25) is 0 Å². The number of nitrogens with zero attached hydrogens (tertiary/aromatic N) is 4. The molecule has 3 aliphatic heterocycles. The Labute approximate surface area is 160 Å². The third-order valence-electron chi connectivity index (χ3n) is 5.62. The molecular weight excluding hydrogens is 351 g/mol. The molecule has 3 fully saturated rings. The highest BCUT2D eigenvalue weighted by atomic mass is 31.2. The van der Waals surface area contributed by atoms with Crippen molar-refractivity contribution in [1.82, 2.24) is 18.7 Å². The summed E-state index contributed by atoms with van der Waals surface area (Å²) in [6, 6.07) is 0. The van der Waals surface area contributed by atoms with Gasteiger partial charge in [0, 0.05) is 13.1 Å². The Morgan fingerprint density at radius 1 is 0.692 bits per heavy atom. The Kier molecular flexibility index (Phi) is 8.53. The Morgan fingerprint density at radius 3 is 1.38 bits per heavy atom. The molecule has 0 radical (unpaired) electrons. The molecule has 0 saturated carbocycles. The molecule has 0 aromatic heterocycles. The lowest BCUT2D eigenvalue weighted by Gasteiger charge is -2.53. The monoisotopic (exact) mass is 389 g/mol. The highest BCUT2D eigenvalue weighted by Crippen LogP contribution is 2.70. The van der Waals surface area contributed by atoms with Crippen LogP contribution in [0.25, 0.3) is 0 Å². The van der Waals surface area contributed by atoms with Crippen LogP contribution < -0.4 is 0 Å². The summed E-state index contributed by atoms with van der Waals surface area (Å²) in [5.41, 5.74) is 0. The maximum absolute atomic E-state index is 5.74. The van der Waals surface area contributed by atoms with E-state index in [2.05, 4.69) is 32.5 Å². The number of hydrogen-bond acceptors (Lipinski definition) is 7. The molecule has 3 rings (SSSR count). The van der Waals surface area contributed by atoms with Crippen LogP contribution in [0.15, 0.2) is 0 Å². The van der Waals surface area contributed by atoms with Crippen LogP contribution in [0.4, 0.5) is 0 Å². The molecule has 152 valence electrons. The normalized spacial score (nSPS) is 25.0. The molecule has 0 spiro atoms. The number of rotatable bonds is 8. The first-order chi connectivity index (χ1) is 12.8. The highest BCUT2D eigenvalue weighted by Gasteiger charge is 2.61. The summed E-state index contributed by atoms with van der Waals surface area (Å²) >= 11 is 0. The van der Waals surface area contributed by atoms with Gasteiger partial charge in [0.2, 0.25) is 0 Å². The van der Waals surface area contributed by atoms with Crippen molar-refractivity contribution >= 4 is 7.87 Å².